The highest BCUT2D eigenvalue weighted by Crippen LogP contribution is 1.37. The van der Waals surface area contributed by atoms with Crippen molar-refractivity contribution >= 4 is 5.87 Å². The minimum Gasteiger partial charge on any atom is -0.348 e. The maximum Gasteiger partial charge on any atom is 0.294 e. The van der Waals surface area contributed by atoms with E-state index >= 15 is 0 Å². The first kappa shape index (κ1) is 4.16. The van der Waals surface area contributed by atoms with Crippen molar-refractivity contribution in [2.24, 2.45) is 0 Å². The molecule has 0 N–H and O–H groups in total. The second-order valence-corrected chi connectivity index (χ2v) is 0.518. The molecule has 0 rings (SSSR count). The molecule has 0 radical (unpaired) electrons. The molecule has 0 aliphatic rings. The summed E-state index contributed by atoms with van der Waals surface area (Å²) in [6.07, 6.45) is 1.51. The van der Waals surface area contributed by atoms with Crippen LogP contribution in [0.4, 0.5) is 0 Å². The van der Waals surface area contributed by atoms with E-state index < -0.39 is 0 Å². The van der Waals surface area contributed by atoms with Crippen molar-refractivity contribution in [1.29, 1.82) is 0 Å². The molecular formula is C3H4N2. The first-order chi connectivity index (χ1) is 2.41. The lowest BCUT2D eigenvalue weighted by Gasteiger charge is -1.31. The van der Waals surface area contributed by atoms with Gasteiger partial charge in [-0.1, -0.05) is 0 Å². The van der Waals surface area contributed by atoms with Crippen LogP contribution in [0.3, 0.4) is 0 Å². The van der Waals surface area contributed by atoms with E-state index in [-0.39, 0.29) is 0 Å². The highest BCUT2D eigenvalue weighted by Gasteiger charge is 1.42. The Kier molecular flexibility index (Phi) is 2.63. The highest BCUT2D eigenvalue weighted by atomic mass is 14.8. The summed E-state index contributed by atoms with van der Waals surface area (Å²) in [6, 6.07) is 0. The predicted octanol–water partition coefficient (Wildman–Crippen LogP) is 0.462. The molecule has 0 fully saturated rings. The molecule has 5 heavy (non-hydrogen) atoms. The summed E-state index contributed by atoms with van der Waals surface area (Å²) in [5.41, 5.74) is 7.55. The summed E-state index contributed by atoms with van der Waals surface area (Å²) < 4.78 is 0. The van der Waals surface area contributed by atoms with E-state index in [1.165, 1.54) is 6.08 Å². The van der Waals surface area contributed by atoms with Crippen LogP contribution in [0.1, 0.15) is 6.92 Å². The van der Waals surface area contributed by atoms with Gasteiger partial charge >= 0.3 is 0 Å². The van der Waals surface area contributed by atoms with Gasteiger partial charge in [-0.25, -0.2) is 0 Å². The monoisotopic (exact) mass is 68.0 g/mol. The van der Waals surface area contributed by atoms with Gasteiger partial charge < -0.3 is 5.53 Å². The van der Waals surface area contributed by atoms with Crippen LogP contribution in [0.15, 0.2) is 6.08 Å². The zero-order chi connectivity index (χ0) is 4.12. The van der Waals surface area contributed by atoms with Crippen molar-refractivity contribution in [3.8, 4) is 0 Å². The van der Waals surface area contributed by atoms with Gasteiger partial charge in [-0.15, -0.1) is 4.79 Å². The maximum absolute atomic E-state index is 7.55. The molecule has 0 heterocycles. The molecule has 2 nitrogen and oxygen atoms in total. The summed E-state index contributed by atoms with van der Waals surface area (Å²) in [7, 11) is 0. The second kappa shape index (κ2) is 3.16. The smallest absolute Gasteiger partial charge is 0.294 e. The lowest BCUT2D eigenvalue weighted by Crippen LogP contribution is -1.43. The largest absolute Gasteiger partial charge is 0.348 e. The lowest BCUT2D eigenvalue weighted by atomic mass is 10.8. The Morgan fingerprint density at radius 3 is 2.60 bits per heavy atom. The van der Waals surface area contributed by atoms with E-state index in [4.69, 9.17) is 5.53 Å². The fourth-order valence-corrected chi connectivity index (χ4v) is 0.0577. The van der Waals surface area contributed by atoms with Crippen molar-refractivity contribution in [2.45, 2.75) is 6.92 Å². The summed E-state index contributed by atoms with van der Waals surface area (Å²) in [5, 5.41) is 0. The molecule has 2 heteroatoms. The third kappa shape index (κ3) is 3.16. The second-order valence-electron chi connectivity index (χ2n) is 0.518. The quantitative estimate of drug-likeness (QED) is 0.225. The van der Waals surface area contributed by atoms with E-state index in [2.05, 4.69) is 10.7 Å². The predicted molar refractivity (Wildman–Crippen MR) is 18.9 cm³/mol. The Morgan fingerprint density at radius 2 is 2.60 bits per heavy atom. The van der Waals surface area contributed by atoms with Crippen LogP contribution in [-0.2, 0) is 0 Å². The molecule has 0 aliphatic heterocycles. The standard InChI is InChI=1S/C3H4N2/c1-2-3-5-4/h2H,1H3. The van der Waals surface area contributed by atoms with Crippen LogP contribution in [-0.4, -0.2) is 10.7 Å². The van der Waals surface area contributed by atoms with E-state index in [1.54, 1.807) is 6.92 Å². The zero-order valence-corrected chi connectivity index (χ0v) is 2.97. The topological polar surface area (TPSA) is 36.4 Å². The van der Waals surface area contributed by atoms with Crippen LogP contribution < -0.4 is 0 Å². The summed E-state index contributed by atoms with van der Waals surface area (Å²) in [4.78, 5) is 2.55. The molecule has 0 spiro atoms. The SMILES string of the molecule is CC=C=[N+]=[N-]. The molecule has 0 aromatic heterocycles. The van der Waals surface area contributed by atoms with Gasteiger partial charge in [0.05, 0.1) is 0 Å². The van der Waals surface area contributed by atoms with Gasteiger partial charge in [0.1, 0.15) is 0 Å². The molecule has 0 unspecified atom stereocenters. The van der Waals surface area contributed by atoms with E-state index in [9.17, 15) is 0 Å². The normalized spacial score (nSPS) is 4.20. The van der Waals surface area contributed by atoms with Gasteiger partial charge in [0, 0.05) is 6.08 Å². The first-order valence-corrected chi connectivity index (χ1v) is 1.29. The Hall–Kier alpha value is -0.840. The van der Waals surface area contributed by atoms with Gasteiger partial charge in [-0.2, -0.15) is 0 Å². The van der Waals surface area contributed by atoms with Crippen molar-refractivity contribution in [1.82, 2.24) is 0 Å². The third-order valence-electron chi connectivity index (χ3n) is 0.187. The Balaban J connectivity index is 3.75. The van der Waals surface area contributed by atoms with E-state index in [1.807, 2.05) is 0 Å². The van der Waals surface area contributed by atoms with Crippen LogP contribution in [0, 0.1) is 0 Å². The number of hydrogen-bond donors (Lipinski definition) is 0. The Bertz CT molecular complexity index is 83.1. The van der Waals surface area contributed by atoms with Gasteiger partial charge in [0.15, 0.2) is 0 Å². The van der Waals surface area contributed by atoms with Gasteiger partial charge in [0.2, 0.25) is 0 Å². The molecule has 0 saturated carbocycles. The fraction of sp³-hybridized carbons (Fsp3) is 0.333. The maximum atomic E-state index is 7.55. The molecule has 0 bridgehead atoms. The minimum atomic E-state index is 1.51. The summed E-state index contributed by atoms with van der Waals surface area (Å²) in [6.45, 7) is 1.72. The molecule has 0 atom stereocenters. The summed E-state index contributed by atoms with van der Waals surface area (Å²) in [5.74, 6) is 2.17. The van der Waals surface area contributed by atoms with Crippen molar-refractivity contribution in [3.63, 3.8) is 0 Å². The number of allylic oxidation sites excluding steroid dienone is 1. The number of rotatable bonds is 0. The van der Waals surface area contributed by atoms with Crippen LogP contribution in [0.2, 0.25) is 0 Å². The number of nitrogens with zero attached hydrogens (tertiary/aromatic N) is 2. The third-order valence-corrected chi connectivity index (χ3v) is 0.187. The lowest BCUT2D eigenvalue weighted by molar-refractivity contribution is 0.00794. The first-order valence-electron chi connectivity index (χ1n) is 1.29. The highest BCUT2D eigenvalue weighted by molar-refractivity contribution is 5.43. The number of hydrogen-bond acceptors (Lipinski definition) is 0. The van der Waals surface area contributed by atoms with E-state index in [0.29, 0.717) is 0 Å². The van der Waals surface area contributed by atoms with Crippen molar-refractivity contribution < 1.29 is 4.79 Å². The van der Waals surface area contributed by atoms with Crippen LogP contribution >= 0.6 is 0 Å². The van der Waals surface area contributed by atoms with Gasteiger partial charge in [0.25, 0.3) is 5.87 Å². The fourth-order valence-electron chi connectivity index (χ4n) is 0.0577. The van der Waals surface area contributed by atoms with Crippen LogP contribution in [0.5, 0.6) is 0 Å². The molecule has 0 aromatic rings. The average molecular weight is 68.1 g/mol. The van der Waals surface area contributed by atoms with Gasteiger partial charge in [-0.3, -0.25) is 0 Å². The van der Waals surface area contributed by atoms with Crippen molar-refractivity contribution in [3.05, 3.63) is 11.6 Å². The van der Waals surface area contributed by atoms with E-state index in [0.717, 1.165) is 0 Å². The van der Waals surface area contributed by atoms with Crippen LogP contribution in [0.25, 0.3) is 5.53 Å². The molecule has 0 saturated heterocycles. The molecular weight excluding hydrogens is 64.0 g/mol. The Morgan fingerprint density at radius 1 is 2.00 bits per heavy atom. The summed E-state index contributed by atoms with van der Waals surface area (Å²) >= 11 is 0. The van der Waals surface area contributed by atoms with Crippen molar-refractivity contribution in [2.75, 3.05) is 0 Å². The molecule has 26 valence electrons. The molecule has 0 aromatic carbocycles. The van der Waals surface area contributed by atoms with Gasteiger partial charge in [-0.05, 0) is 6.92 Å². The average Bonchev–Trinajstić information content (AvgIpc) is 1.41. The Labute approximate surface area is 30.4 Å². The zero-order valence-electron chi connectivity index (χ0n) is 2.97. The minimum absolute atomic E-state index is 1.51. The molecule has 0 amide bonds. The molecule has 0 aliphatic carbocycles.